The lowest BCUT2D eigenvalue weighted by molar-refractivity contribution is -0.384. The Balaban J connectivity index is 1.54. The number of thiophene rings is 1. The first kappa shape index (κ1) is 23.8. The van der Waals surface area contributed by atoms with Gasteiger partial charge in [0.1, 0.15) is 0 Å². The van der Waals surface area contributed by atoms with Crippen molar-refractivity contribution in [1.29, 1.82) is 0 Å². The second kappa shape index (κ2) is 10.0. The molecule has 0 amide bonds. The fourth-order valence-corrected chi connectivity index (χ4v) is 5.34. The molecule has 1 aliphatic carbocycles. The molecule has 36 heavy (non-hydrogen) atoms. The summed E-state index contributed by atoms with van der Waals surface area (Å²) in [6, 6.07) is 16.9. The van der Waals surface area contributed by atoms with Crippen molar-refractivity contribution in [3.63, 3.8) is 0 Å². The predicted octanol–water partition coefficient (Wildman–Crippen LogP) is 6.77. The third-order valence-electron chi connectivity index (χ3n) is 5.98. The molecule has 0 unspecified atom stereocenters. The minimum Gasteiger partial charge on any atom is -0.454 e. The van der Waals surface area contributed by atoms with Crippen LogP contribution in [0.4, 0.5) is 5.69 Å². The highest BCUT2D eigenvalue weighted by atomic mass is 35.5. The molecule has 180 valence electrons. The molecule has 0 aliphatic heterocycles. The Bertz CT molecular complexity index is 1560. The van der Waals surface area contributed by atoms with E-state index >= 15 is 0 Å². The molecule has 0 spiro atoms. The van der Waals surface area contributed by atoms with E-state index in [2.05, 4.69) is 0 Å². The predicted molar refractivity (Wildman–Crippen MR) is 140 cm³/mol. The molecule has 4 aromatic rings. The Morgan fingerprint density at radius 2 is 1.94 bits per heavy atom. The zero-order valence-corrected chi connectivity index (χ0v) is 20.5. The Labute approximate surface area is 215 Å². The number of benzene rings is 2. The minimum atomic E-state index is -0.586. The number of ether oxygens (including phenoxy) is 1. The highest BCUT2D eigenvalue weighted by Gasteiger charge is 2.26. The molecule has 7 nitrogen and oxygen atoms in total. The largest absolute Gasteiger partial charge is 0.454 e. The number of carbonyl (C=O) groups excluding carboxylic acids is 2. The van der Waals surface area contributed by atoms with E-state index in [0.717, 1.165) is 28.9 Å². The van der Waals surface area contributed by atoms with Gasteiger partial charge in [0.05, 0.1) is 30.9 Å². The fraction of sp³-hybridized carbons (Fsp3) is 0.148. The van der Waals surface area contributed by atoms with Crippen LogP contribution in [-0.2, 0) is 11.2 Å². The Morgan fingerprint density at radius 3 is 2.72 bits per heavy atom. The first-order chi connectivity index (χ1) is 17.4. The van der Waals surface area contributed by atoms with Crippen molar-refractivity contribution in [2.24, 2.45) is 0 Å². The topological polar surface area (TPSA) is 99.4 Å². The lowest BCUT2D eigenvalue weighted by Gasteiger charge is -2.22. The third kappa shape index (κ3) is 4.78. The van der Waals surface area contributed by atoms with Crippen molar-refractivity contribution in [2.45, 2.75) is 19.3 Å². The van der Waals surface area contributed by atoms with Gasteiger partial charge >= 0.3 is 5.97 Å². The van der Waals surface area contributed by atoms with E-state index in [-0.39, 0.29) is 11.5 Å². The first-order valence-electron chi connectivity index (χ1n) is 11.2. The van der Waals surface area contributed by atoms with Crippen LogP contribution in [0.2, 0.25) is 4.34 Å². The Morgan fingerprint density at radius 1 is 1.11 bits per heavy atom. The second-order valence-corrected chi connectivity index (χ2v) is 10.0. The number of nitrogens with zero attached hydrogens (tertiary/aromatic N) is 2. The Kier molecular flexibility index (Phi) is 6.63. The number of nitro benzene ring substituents is 1. The lowest BCUT2D eigenvalue weighted by atomic mass is 9.86. The minimum absolute atomic E-state index is 0.00724. The molecule has 2 heterocycles. The lowest BCUT2D eigenvalue weighted by Crippen LogP contribution is -2.18. The smallest absolute Gasteiger partial charge is 0.339 e. The van der Waals surface area contributed by atoms with Crippen LogP contribution in [0.15, 0.2) is 60.7 Å². The molecule has 5 rings (SSSR count). The molecule has 2 aromatic heterocycles. The molecule has 0 saturated carbocycles. The monoisotopic (exact) mass is 518 g/mol. The van der Waals surface area contributed by atoms with Crippen molar-refractivity contribution in [1.82, 2.24) is 4.98 Å². The van der Waals surface area contributed by atoms with Gasteiger partial charge in [-0.2, -0.15) is 0 Å². The number of para-hydroxylation sites is 1. The van der Waals surface area contributed by atoms with Gasteiger partial charge in [0.25, 0.3) is 5.69 Å². The van der Waals surface area contributed by atoms with Crippen LogP contribution >= 0.6 is 22.9 Å². The average Bonchev–Trinajstić information content (AvgIpc) is 3.32. The number of carbonyl (C=O) groups is 2. The standard InChI is InChI=1S/C27H19ClN2O5S/c28-24-12-11-23(36-24)22(31)15-35-27(32)25-19-8-1-2-10-21(19)29-26-17(6-4-9-20(25)26)13-16-5-3-7-18(14-16)30(33)34/h1-3,5,7-8,10-14H,4,6,9,15H2. The number of fused-ring (bicyclic) bond motifs is 2. The molecule has 0 fully saturated rings. The number of halogens is 1. The number of nitro groups is 1. The van der Waals surface area contributed by atoms with Crippen molar-refractivity contribution in [3.8, 4) is 0 Å². The molecular weight excluding hydrogens is 500 g/mol. The zero-order chi connectivity index (χ0) is 25.2. The number of allylic oxidation sites excluding steroid dienone is 1. The van der Waals surface area contributed by atoms with Crippen LogP contribution in [0.1, 0.15) is 49.7 Å². The molecule has 0 atom stereocenters. The number of pyridine rings is 1. The van der Waals surface area contributed by atoms with E-state index in [0.29, 0.717) is 49.8 Å². The van der Waals surface area contributed by atoms with E-state index in [4.69, 9.17) is 21.3 Å². The molecule has 0 bridgehead atoms. The van der Waals surface area contributed by atoms with Gasteiger partial charge in [-0.25, -0.2) is 9.78 Å². The van der Waals surface area contributed by atoms with E-state index in [1.165, 1.54) is 12.1 Å². The van der Waals surface area contributed by atoms with Crippen LogP contribution in [0, 0.1) is 10.1 Å². The van der Waals surface area contributed by atoms with E-state index in [1.807, 2.05) is 30.3 Å². The van der Waals surface area contributed by atoms with Crippen LogP contribution in [-0.4, -0.2) is 28.3 Å². The molecule has 0 radical (unpaired) electrons. The fourth-order valence-electron chi connectivity index (χ4n) is 4.38. The first-order valence-corrected chi connectivity index (χ1v) is 12.4. The SMILES string of the molecule is O=C(COC(=O)c1c2c(nc3ccccc13)C(=Cc1cccc([N+](=O)[O-])c1)CCC2)c1ccc(Cl)s1. The van der Waals surface area contributed by atoms with Crippen LogP contribution in [0.3, 0.4) is 0 Å². The van der Waals surface area contributed by atoms with Crippen molar-refractivity contribution >= 4 is 62.9 Å². The summed E-state index contributed by atoms with van der Waals surface area (Å²) in [6.45, 7) is -0.391. The number of rotatable bonds is 6. The summed E-state index contributed by atoms with van der Waals surface area (Å²) < 4.78 is 5.96. The van der Waals surface area contributed by atoms with E-state index in [1.54, 1.807) is 24.3 Å². The molecule has 1 aliphatic rings. The zero-order valence-electron chi connectivity index (χ0n) is 18.9. The number of esters is 1. The normalized spacial score (nSPS) is 14.0. The van der Waals surface area contributed by atoms with Crippen molar-refractivity contribution < 1.29 is 19.2 Å². The van der Waals surface area contributed by atoms with Crippen LogP contribution in [0.5, 0.6) is 0 Å². The van der Waals surface area contributed by atoms with Gasteiger partial charge in [0.2, 0.25) is 5.78 Å². The number of hydrogen-bond donors (Lipinski definition) is 0. The number of non-ortho nitro benzene ring substituents is 1. The molecule has 9 heteroatoms. The van der Waals surface area contributed by atoms with E-state index < -0.39 is 17.5 Å². The van der Waals surface area contributed by atoms with Crippen molar-refractivity contribution in [3.05, 3.63) is 102 Å². The van der Waals surface area contributed by atoms with Gasteiger partial charge < -0.3 is 4.74 Å². The molecule has 2 aromatic carbocycles. The molecular formula is C27H19ClN2O5S. The summed E-state index contributed by atoms with van der Waals surface area (Å²) in [5.74, 6) is -0.906. The molecule has 0 saturated heterocycles. The Hall–Kier alpha value is -3.88. The summed E-state index contributed by atoms with van der Waals surface area (Å²) in [5.41, 5.74) is 4.05. The second-order valence-electron chi connectivity index (χ2n) is 8.31. The highest BCUT2D eigenvalue weighted by molar-refractivity contribution is 7.18. The number of aromatic nitrogens is 1. The van der Waals surface area contributed by atoms with Crippen LogP contribution < -0.4 is 0 Å². The maximum absolute atomic E-state index is 13.3. The highest BCUT2D eigenvalue weighted by Crippen LogP contribution is 2.36. The number of ketones is 1. The van der Waals surface area contributed by atoms with Crippen molar-refractivity contribution in [2.75, 3.05) is 6.61 Å². The van der Waals surface area contributed by atoms with E-state index in [9.17, 15) is 19.7 Å². The summed E-state index contributed by atoms with van der Waals surface area (Å²) >= 11 is 7.05. The van der Waals surface area contributed by atoms with Gasteiger partial charge in [0, 0.05) is 17.5 Å². The van der Waals surface area contributed by atoms with Gasteiger partial charge in [-0.1, -0.05) is 41.9 Å². The van der Waals surface area contributed by atoms with Gasteiger partial charge in [-0.05, 0) is 60.2 Å². The maximum Gasteiger partial charge on any atom is 0.339 e. The summed E-state index contributed by atoms with van der Waals surface area (Å²) in [6.07, 6.45) is 4.00. The van der Waals surface area contributed by atoms with Gasteiger partial charge in [-0.15, -0.1) is 11.3 Å². The maximum atomic E-state index is 13.3. The summed E-state index contributed by atoms with van der Waals surface area (Å²) in [5, 5.41) is 11.9. The molecule has 0 N–H and O–H groups in total. The summed E-state index contributed by atoms with van der Waals surface area (Å²) in [4.78, 5) is 41.9. The quantitative estimate of drug-likeness (QED) is 0.121. The average molecular weight is 519 g/mol. The third-order valence-corrected chi connectivity index (χ3v) is 7.25. The summed E-state index contributed by atoms with van der Waals surface area (Å²) in [7, 11) is 0. The van der Waals surface area contributed by atoms with Gasteiger partial charge in [0.15, 0.2) is 6.61 Å². The van der Waals surface area contributed by atoms with Gasteiger partial charge in [-0.3, -0.25) is 14.9 Å². The number of hydrogen-bond acceptors (Lipinski definition) is 7. The van der Waals surface area contributed by atoms with Crippen LogP contribution in [0.25, 0.3) is 22.6 Å². The number of Topliss-reactive ketones (excluding diaryl/α,β-unsaturated/α-hetero) is 1.